The minimum atomic E-state index is -0.741. The van der Waals surface area contributed by atoms with Gasteiger partial charge in [-0.3, -0.25) is 9.59 Å². The predicted octanol–water partition coefficient (Wildman–Crippen LogP) is 3.56. The molecule has 152 valence electrons. The lowest BCUT2D eigenvalue weighted by Crippen LogP contribution is -2.64. The van der Waals surface area contributed by atoms with Gasteiger partial charge in [-0.15, -0.1) is 0 Å². The molecular formula is C23H24FNO4. The van der Waals surface area contributed by atoms with Crippen molar-refractivity contribution in [2.45, 2.75) is 25.8 Å². The number of carbonyl (C=O) groups excluding carboxylic acids is 2. The quantitative estimate of drug-likeness (QED) is 0.724. The minimum Gasteiger partial charge on any atom is -0.497 e. The Bertz CT molecular complexity index is 958. The van der Waals surface area contributed by atoms with Gasteiger partial charge >= 0.3 is 0 Å². The number of halogens is 1. The van der Waals surface area contributed by atoms with E-state index in [9.17, 15) is 14.0 Å². The molecule has 1 saturated heterocycles. The third-order valence-corrected chi connectivity index (χ3v) is 6.42. The number of hydrogen-bond donors (Lipinski definition) is 0. The fourth-order valence-electron chi connectivity index (χ4n) is 4.87. The van der Waals surface area contributed by atoms with Crippen molar-refractivity contribution >= 4 is 11.7 Å². The summed E-state index contributed by atoms with van der Waals surface area (Å²) in [5, 5.41) is 0. The Morgan fingerprint density at radius 2 is 1.83 bits per heavy atom. The van der Waals surface area contributed by atoms with Gasteiger partial charge in [0.2, 0.25) is 5.91 Å². The second kappa shape index (κ2) is 7.17. The Labute approximate surface area is 169 Å². The van der Waals surface area contributed by atoms with Crippen LogP contribution in [0.25, 0.3) is 0 Å². The summed E-state index contributed by atoms with van der Waals surface area (Å²) < 4.78 is 24.0. The number of likely N-dealkylation sites (tertiary alicyclic amines) is 1. The topological polar surface area (TPSA) is 55.8 Å². The second-order valence-electron chi connectivity index (χ2n) is 7.94. The van der Waals surface area contributed by atoms with Crippen LogP contribution in [0.5, 0.6) is 11.5 Å². The molecule has 2 fully saturated rings. The zero-order chi connectivity index (χ0) is 20.8. The number of benzene rings is 2. The van der Waals surface area contributed by atoms with Gasteiger partial charge in [0.1, 0.15) is 23.1 Å². The van der Waals surface area contributed by atoms with E-state index in [0.717, 1.165) is 11.1 Å². The first kappa shape index (κ1) is 19.4. The summed E-state index contributed by atoms with van der Waals surface area (Å²) in [4.78, 5) is 27.9. The third kappa shape index (κ3) is 2.98. The maximum absolute atomic E-state index is 13.4. The lowest BCUT2D eigenvalue weighted by molar-refractivity contribution is -0.167. The van der Waals surface area contributed by atoms with E-state index in [1.807, 2.05) is 19.1 Å². The molecule has 0 N–H and O–H groups in total. The molecule has 1 saturated carbocycles. The molecule has 3 unspecified atom stereocenters. The number of ketones is 1. The third-order valence-electron chi connectivity index (χ3n) is 6.42. The molecule has 5 nitrogen and oxygen atoms in total. The second-order valence-corrected chi connectivity index (χ2v) is 7.94. The van der Waals surface area contributed by atoms with Gasteiger partial charge < -0.3 is 14.4 Å². The van der Waals surface area contributed by atoms with E-state index in [-0.39, 0.29) is 23.4 Å². The average Bonchev–Trinajstić information content (AvgIpc) is 2.99. The predicted molar refractivity (Wildman–Crippen MR) is 105 cm³/mol. The molecule has 29 heavy (non-hydrogen) atoms. The Hall–Kier alpha value is -2.89. The van der Waals surface area contributed by atoms with Crippen LogP contribution >= 0.6 is 0 Å². The summed E-state index contributed by atoms with van der Waals surface area (Å²) in [5.74, 6) is 0.454. The summed E-state index contributed by atoms with van der Waals surface area (Å²) in [7, 11) is 3.17. The molecule has 3 atom stereocenters. The maximum Gasteiger partial charge on any atom is 0.232 e. The van der Waals surface area contributed by atoms with Gasteiger partial charge in [0, 0.05) is 31.1 Å². The molecule has 1 amide bonds. The molecule has 2 aromatic carbocycles. The molecule has 0 aromatic heterocycles. The van der Waals surface area contributed by atoms with Crippen molar-refractivity contribution in [3.05, 3.63) is 59.4 Å². The molecule has 2 aromatic rings. The van der Waals surface area contributed by atoms with Gasteiger partial charge in [-0.25, -0.2) is 4.39 Å². The largest absolute Gasteiger partial charge is 0.497 e. The number of rotatable bonds is 5. The molecular weight excluding hydrogens is 373 g/mol. The first-order valence-corrected chi connectivity index (χ1v) is 9.69. The highest BCUT2D eigenvalue weighted by molar-refractivity contribution is 6.02. The van der Waals surface area contributed by atoms with Gasteiger partial charge in [-0.05, 0) is 35.7 Å². The zero-order valence-electron chi connectivity index (χ0n) is 16.8. The highest BCUT2D eigenvalue weighted by Crippen LogP contribution is 2.57. The van der Waals surface area contributed by atoms with Gasteiger partial charge in [0.25, 0.3) is 0 Å². The first-order valence-electron chi connectivity index (χ1n) is 9.69. The normalized spacial score (nSPS) is 26.0. The van der Waals surface area contributed by atoms with Crippen LogP contribution < -0.4 is 9.47 Å². The molecule has 6 heteroatoms. The average molecular weight is 397 g/mol. The lowest BCUT2D eigenvalue weighted by atomic mass is 9.63. The first-order chi connectivity index (χ1) is 13.9. The number of carbonyl (C=O) groups is 2. The standard InChI is InChI=1S/C23H24FNO4/c1-14-10-19(26)21(15-4-7-17(24)8-5-15)23(14)13-25(22(23)27)12-16-6-9-18(28-2)11-20(16)29-3/h4-9,11,14,21H,10,12-13H2,1-3H3. The molecule has 4 rings (SSSR count). The van der Waals surface area contributed by atoms with Crippen molar-refractivity contribution in [3.8, 4) is 11.5 Å². The van der Waals surface area contributed by atoms with E-state index in [1.54, 1.807) is 37.3 Å². The Balaban J connectivity index is 1.60. The maximum atomic E-state index is 13.4. The Kier molecular flexibility index (Phi) is 4.81. The van der Waals surface area contributed by atoms with Crippen molar-refractivity contribution in [2.75, 3.05) is 20.8 Å². The van der Waals surface area contributed by atoms with Crippen LogP contribution in [-0.4, -0.2) is 37.4 Å². The number of nitrogens with zero attached hydrogens (tertiary/aromatic N) is 1. The fraction of sp³-hybridized carbons (Fsp3) is 0.391. The zero-order valence-corrected chi connectivity index (χ0v) is 16.8. The number of β-lactam (4-membered cyclic amide) rings is 1. The van der Waals surface area contributed by atoms with Crippen LogP contribution in [0.2, 0.25) is 0 Å². The van der Waals surface area contributed by atoms with Crippen LogP contribution in [0.3, 0.4) is 0 Å². The highest BCUT2D eigenvalue weighted by atomic mass is 19.1. The molecule has 0 bridgehead atoms. The summed E-state index contributed by atoms with van der Waals surface area (Å²) >= 11 is 0. The van der Waals surface area contributed by atoms with Gasteiger partial charge in [-0.1, -0.05) is 19.1 Å². The molecule has 1 aliphatic heterocycles. The summed E-state index contributed by atoms with van der Waals surface area (Å²) in [6.45, 7) is 2.87. The fourth-order valence-corrected chi connectivity index (χ4v) is 4.87. The van der Waals surface area contributed by atoms with E-state index in [2.05, 4.69) is 0 Å². The van der Waals surface area contributed by atoms with Gasteiger partial charge in [-0.2, -0.15) is 0 Å². The SMILES string of the molecule is COc1ccc(CN2CC3(C2=O)C(C)CC(=O)C3c2ccc(F)cc2)c(OC)c1. The number of amides is 1. The van der Waals surface area contributed by atoms with Crippen molar-refractivity contribution in [3.63, 3.8) is 0 Å². The van der Waals surface area contributed by atoms with E-state index in [0.29, 0.717) is 31.0 Å². The van der Waals surface area contributed by atoms with Crippen LogP contribution in [0, 0.1) is 17.2 Å². The monoisotopic (exact) mass is 397 g/mol. The van der Waals surface area contributed by atoms with Crippen LogP contribution in [-0.2, 0) is 16.1 Å². The van der Waals surface area contributed by atoms with Crippen molar-refractivity contribution in [1.29, 1.82) is 0 Å². The van der Waals surface area contributed by atoms with Crippen molar-refractivity contribution in [1.82, 2.24) is 4.90 Å². The van der Waals surface area contributed by atoms with E-state index >= 15 is 0 Å². The van der Waals surface area contributed by atoms with Crippen LogP contribution in [0.1, 0.15) is 30.4 Å². The molecule has 2 aliphatic rings. The lowest BCUT2D eigenvalue weighted by Gasteiger charge is -2.52. The number of Topliss-reactive ketones (excluding diaryl/α,β-unsaturated/α-hetero) is 1. The number of hydrogen-bond acceptors (Lipinski definition) is 4. The molecule has 1 heterocycles. The van der Waals surface area contributed by atoms with Gasteiger partial charge in [0.05, 0.1) is 25.6 Å². The number of methoxy groups -OCH3 is 2. The van der Waals surface area contributed by atoms with Crippen molar-refractivity contribution < 1.29 is 23.5 Å². The molecule has 0 radical (unpaired) electrons. The van der Waals surface area contributed by atoms with Crippen LogP contribution in [0.15, 0.2) is 42.5 Å². The van der Waals surface area contributed by atoms with Crippen LogP contribution in [0.4, 0.5) is 4.39 Å². The molecule has 1 spiro atoms. The number of ether oxygens (including phenoxy) is 2. The summed E-state index contributed by atoms with van der Waals surface area (Å²) in [6, 6.07) is 11.5. The summed E-state index contributed by atoms with van der Waals surface area (Å²) in [5.41, 5.74) is 0.858. The minimum absolute atomic E-state index is 0.0250. The van der Waals surface area contributed by atoms with Gasteiger partial charge in [0.15, 0.2) is 0 Å². The smallest absolute Gasteiger partial charge is 0.232 e. The Morgan fingerprint density at radius 1 is 1.10 bits per heavy atom. The van der Waals surface area contributed by atoms with E-state index in [4.69, 9.17) is 9.47 Å². The Morgan fingerprint density at radius 3 is 2.45 bits per heavy atom. The molecule has 1 aliphatic carbocycles. The van der Waals surface area contributed by atoms with Crippen molar-refractivity contribution in [2.24, 2.45) is 11.3 Å². The summed E-state index contributed by atoms with van der Waals surface area (Å²) in [6.07, 6.45) is 0.369. The van der Waals surface area contributed by atoms with E-state index < -0.39 is 11.3 Å². The highest BCUT2D eigenvalue weighted by Gasteiger charge is 2.65. The van der Waals surface area contributed by atoms with E-state index in [1.165, 1.54) is 12.1 Å².